The molecule has 0 fully saturated rings. The predicted molar refractivity (Wildman–Crippen MR) is 343 cm³/mol. The van der Waals surface area contributed by atoms with Gasteiger partial charge < -0.3 is 40.5 Å². The van der Waals surface area contributed by atoms with Gasteiger partial charge in [0.2, 0.25) is 0 Å². The van der Waals surface area contributed by atoms with E-state index in [1.807, 2.05) is 121 Å². The zero-order valence-corrected chi connectivity index (χ0v) is 51.7. The van der Waals surface area contributed by atoms with Crippen LogP contribution in [0.4, 0.5) is 0 Å². The first-order valence-corrected chi connectivity index (χ1v) is 30.1. The molecule has 0 spiro atoms. The van der Waals surface area contributed by atoms with Gasteiger partial charge in [-0.2, -0.15) is 0 Å². The van der Waals surface area contributed by atoms with Crippen molar-refractivity contribution in [3.8, 4) is 23.0 Å². The summed E-state index contributed by atoms with van der Waals surface area (Å²) in [5.41, 5.74) is 13.9. The van der Waals surface area contributed by atoms with E-state index in [-0.39, 0.29) is 46.4 Å². The van der Waals surface area contributed by atoms with E-state index >= 15 is 0 Å². The minimum absolute atomic E-state index is 0.236. The van der Waals surface area contributed by atoms with Gasteiger partial charge in [0.05, 0.1) is 24.3 Å². The van der Waals surface area contributed by atoms with E-state index in [0.717, 1.165) is 101 Å². The number of benzene rings is 8. The Morgan fingerprint density at radius 3 is 0.810 bits per heavy atom. The van der Waals surface area contributed by atoms with Crippen LogP contribution in [-0.4, -0.2) is 46.7 Å². The highest BCUT2D eigenvalue weighted by molar-refractivity contribution is 5.59. The molecule has 440 valence electrons. The van der Waals surface area contributed by atoms with E-state index in [1.165, 1.54) is 0 Å². The van der Waals surface area contributed by atoms with E-state index in [0.29, 0.717) is 38.8 Å². The van der Waals surface area contributed by atoms with Crippen LogP contribution in [0.5, 0.6) is 23.0 Å². The summed E-state index contributed by atoms with van der Waals surface area (Å²) in [5, 5.41) is 57.1. The second-order valence-electron chi connectivity index (χ2n) is 27.3. The third-order valence-corrected chi connectivity index (χ3v) is 16.7. The van der Waals surface area contributed by atoms with Crippen LogP contribution in [0.15, 0.2) is 170 Å². The van der Waals surface area contributed by atoms with Gasteiger partial charge in [-0.3, -0.25) is 0 Å². The number of nitrogens with one attached hydrogen (secondary N) is 2. The number of hydrogen-bond acceptors (Lipinski definition) is 8. The van der Waals surface area contributed by atoms with Gasteiger partial charge in [-0.25, -0.2) is 0 Å². The fourth-order valence-electron chi connectivity index (χ4n) is 11.6. The summed E-state index contributed by atoms with van der Waals surface area (Å²) >= 11 is 0. The molecule has 0 heterocycles. The molecular weight excluding hydrogens is 1040 g/mol. The molecule has 0 saturated carbocycles. The van der Waals surface area contributed by atoms with Gasteiger partial charge in [0.25, 0.3) is 0 Å². The summed E-state index contributed by atoms with van der Waals surface area (Å²) < 4.78 is 14.3. The lowest BCUT2D eigenvalue weighted by Crippen LogP contribution is -2.31. The molecule has 8 aromatic carbocycles. The van der Waals surface area contributed by atoms with E-state index in [4.69, 9.17) is 9.47 Å². The molecule has 0 aromatic heterocycles. The van der Waals surface area contributed by atoms with Gasteiger partial charge in [0.1, 0.15) is 36.2 Å². The molecule has 4 atom stereocenters. The largest absolute Gasteiger partial charge is 0.507 e. The maximum absolute atomic E-state index is 13.0. The molecule has 9 rings (SSSR count). The summed E-state index contributed by atoms with van der Waals surface area (Å²) in [6.07, 6.45) is -0.115. The highest BCUT2D eigenvalue weighted by atomic mass is 16.5. The lowest BCUT2D eigenvalue weighted by Gasteiger charge is -2.29. The lowest BCUT2D eigenvalue weighted by atomic mass is 9.79. The summed E-state index contributed by atoms with van der Waals surface area (Å²) in [5.74, 6) is 1.91. The monoisotopic (exact) mass is 1130 g/mol. The molecule has 0 saturated heterocycles. The van der Waals surface area contributed by atoms with Gasteiger partial charge in [-0.05, 0) is 111 Å². The van der Waals surface area contributed by atoms with E-state index in [9.17, 15) is 20.4 Å². The number of ether oxygens (including phenoxy) is 2. The summed E-state index contributed by atoms with van der Waals surface area (Å²) in [6, 6.07) is 56.5. The molecule has 84 heavy (non-hydrogen) atoms. The standard InChI is InChI=1S/C76H90N2O6/c1-73(2,3)61-41-53-37-57-45-63(75(7,8)9)47-59(71(57)83-35-33-77-65(49-25-17-13-18-26-49)69(81)51-29-21-15-22-30-51)39-55-43-62(74(4,5)6)44-56(68(55)80)40-60-48-64(76(10,11)12)46-58(38-54(42-61)67(53)79)72(60)84-36-34-78-66(50-27-19-14-20-28-50)70(82)52-31-23-16-24-32-52/h13-32,41-48,65-66,69-70,77-82H,33-40H2,1-12H3/t65-,66-,69+,70+/m1/s1. The molecule has 8 nitrogen and oxygen atoms in total. The molecule has 1 aliphatic rings. The quantitative estimate of drug-likeness (QED) is 0.0529. The number of fused-ring (bicyclic) bond motifs is 8. The maximum atomic E-state index is 13.0. The van der Waals surface area contributed by atoms with Crippen molar-refractivity contribution in [3.05, 3.63) is 259 Å². The Morgan fingerprint density at radius 1 is 0.345 bits per heavy atom. The van der Waals surface area contributed by atoms with E-state index in [1.54, 1.807) is 0 Å². The molecule has 0 aliphatic heterocycles. The summed E-state index contributed by atoms with van der Waals surface area (Å²) in [4.78, 5) is 0. The Labute approximate surface area is 501 Å². The van der Waals surface area contributed by atoms with Gasteiger partial charge in [0.15, 0.2) is 0 Å². The number of phenolic OH excluding ortho intramolecular Hbond substituents is 2. The molecule has 8 aromatic rings. The lowest BCUT2D eigenvalue weighted by molar-refractivity contribution is 0.125. The van der Waals surface area contributed by atoms with Crippen LogP contribution >= 0.6 is 0 Å². The highest BCUT2D eigenvalue weighted by Crippen LogP contribution is 2.44. The second-order valence-corrected chi connectivity index (χ2v) is 27.3. The van der Waals surface area contributed by atoms with E-state index < -0.39 is 24.3 Å². The molecule has 8 bridgehead atoms. The zero-order valence-electron chi connectivity index (χ0n) is 51.7. The minimum Gasteiger partial charge on any atom is -0.507 e. The van der Waals surface area contributed by atoms with Crippen molar-refractivity contribution in [1.82, 2.24) is 10.6 Å². The summed E-state index contributed by atoms with van der Waals surface area (Å²) in [7, 11) is 0. The Balaban J connectivity index is 1.18. The van der Waals surface area contributed by atoms with Crippen molar-refractivity contribution in [2.24, 2.45) is 0 Å². The first kappa shape index (κ1) is 61.4. The molecule has 6 N–H and O–H groups in total. The molecule has 0 radical (unpaired) electrons. The van der Waals surface area contributed by atoms with Crippen LogP contribution in [-0.2, 0) is 47.3 Å². The Morgan fingerprint density at radius 2 is 0.571 bits per heavy atom. The first-order chi connectivity index (χ1) is 39.8. The Bertz CT molecular complexity index is 3170. The molecule has 0 amide bonds. The summed E-state index contributed by atoms with van der Waals surface area (Å²) in [6.45, 7) is 28.1. The Kier molecular flexibility index (Phi) is 18.7. The molecule has 8 heteroatoms. The zero-order chi connectivity index (χ0) is 60.1. The highest BCUT2D eigenvalue weighted by Gasteiger charge is 2.30. The van der Waals surface area contributed by atoms with Crippen molar-refractivity contribution >= 4 is 0 Å². The number of aliphatic hydroxyl groups is 2. The number of aromatic hydroxyl groups is 2. The van der Waals surface area contributed by atoms with Crippen LogP contribution < -0.4 is 20.1 Å². The maximum Gasteiger partial charge on any atom is 0.126 e. The normalized spacial score (nSPS) is 14.5. The van der Waals surface area contributed by atoms with Crippen LogP contribution in [0.2, 0.25) is 0 Å². The van der Waals surface area contributed by atoms with Gasteiger partial charge in [-0.15, -0.1) is 0 Å². The van der Waals surface area contributed by atoms with Crippen LogP contribution in [0.25, 0.3) is 0 Å². The number of phenols is 2. The molecule has 0 unspecified atom stereocenters. The smallest absolute Gasteiger partial charge is 0.126 e. The fourth-order valence-corrected chi connectivity index (χ4v) is 11.6. The third-order valence-electron chi connectivity index (χ3n) is 16.7. The number of rotatable bonds is 16. The van der Waals surface area contributed by atoms with Gasteiger partial charge in [0, 0.05) is 38.8 Å². The topological polar surface area (TPSA) is 123 Å². The van der Waals surface area contributed by atoms with Crippen molar-refractivity contribution in [3.63, 3.8) is 0 Å². The molecular formula is C76H90N2O6. The predicted octanol–water partition coefficient (Wildman–Crippen LogP) is 15.9. The van der Waals surface area contributed by atoms with Crippen molar-refractivity contribution in [2.45, 2.75) is 155 Å². The van der Waals surface area contributed by atoms with Crippen molar-refractivity contribution in [1.29, 1.82) is 0 Å². The second kappa shape index (κ2) is 25.6. The van der Waals surface area contributed by atoms with Crippen molar-refractivity contribution in [2.75, 3.05) is 26.3 Å². The SMILES string of the molecule is CC(C)(C)c1cc2c(O)c(c1)Cc1cc(C(C)(C)C)cc(c1OCCN[C@H](c1ccccc1)[C@@H](O)c1ccccc1)Cc1cc(C(C)(C)C)cc(c1O)Cc1cc(C(C)(C)C)cc(c1OCCN[C@H](c1ccccc1)[C@@H](O)c1ccccc1)C2. The fraction of sp³-hybridized carbons (Fsp3) is 0.368. The van der Waals surface area contributed by atoms with Crippen molar-refractivity contribution < 1.29 is 29.9 Å². The van der Waals surface area contributed by atoms with E-state index in [2.05, 4.69) is 142 Å². The van der Waals surface area contributed by atoms with Crippen LogP contribution in [0.3, 0.4) is 0 Å². The molecule has 1 aliphatic carbocycles. The average molecular weight is 1130 g/mol. The first-order valence-electron chi connectivity index (χ1n) is 30.1. The van der Waals surface area contributed by atoms with Gasteiger partial charge >= 0.3 is 0 Å². The van der Waals surface area contributed by atoms with Crippen LogP contribution in [0.1, 0.15) is 196 Å². The Hall–Kier alpha value is -7.20. The van der Waals surface area contributed by atoms with Crippen LogP contribution in [0, 0.1) is 0 Å². The number of hydrogen-bond donors (Lipinski definition) is 6. The minimum atomic E-state index is -0.809. The third kappa shape index (κ3) is 14.6. The van der Waals surface area contributed by atoms with Gasteiger partial charge in [-0.1, -0.05) is 253 Å². The average Bonchev–Trinajstić information content (AvgIpc) is 3.58. The number of aliphatic hydroxyl groups excluding tert-OH is 2.